The van der Waals surface area contributed by atoms with Crippen molar-refractivity contribution in [1.29, 1.82) is 0 Å². The first-order chi connectivity index (χ1) is 8.06. The van der Waals surface area contributed by atoms with Crippen LogP contribution in [0.4, 0.5) is 4.39 Å². The van der Waals surface area contributed by atoms with Gasteiger partial charge in [-0.1, -0.05) is 6.07 Å². The van der Waals surface area contributed by atoms with Crippen LogP contribution in [0.2, 0.25) is 0 Å². The Hall–Kier alpha value is -0.650. The highest BCUT2D eigenvalue weighted by Gasteiger charge is 2.13. The number of furan rings is 1. The smallest absolute Gasteiger partial charge is 0.169 e. The average molecular weight is 364 g/mol. The van der Waals surface area contributed by atoms with E-state index >= 15 is 0 Å². The molecule has 1 N–H and O–H groups in total. The molecule has 17 heavy (non-hydrogen) atoms. The van der Waals surface area contributed by atoms with Gasteiger partial charge in [0.15, 0.2) is 4.67 Å². The van der Waals surface area contributed by atoms with Crippen LogP contribution in [0.5, 0.6) is 0 Å². The molecule has 0 radical (unpaired) electrons. The summed E-state index contributed by atoms with van der Waals surface area (Å²) in [7, 11) is 0. The van der Waals surface area contributed by atoms with E-state index < -0.39 is 6.10 Å². The SMILES string of the molecule is OC(Cc1ccc(F)c(Br)c1)c1ccc(Br)o1. The number of hydrogen-bond donors (Lipinski definition) is 1. The zero-order valence-electron chi connectivity index (χ0n) is 8.66. The summed E-state index contributed by atoms with van der Waals surface area (Å²) in [6.07, 6.45) is -0.364. The normalized spacial score (nSPS) is 12.7. The van der Waals surface area contributed by atoms with Crippen LogP contribution < -0.4 is 0 Å². The van der Waals surface area contributed by atoms with Gasteiger partial charge in [0.25, 0.3) is 0 Å². The molecule has 0 fully saturated rings. The molecule has 1 unspecified atom stereocenters. The molecule has 1 heterocycles. The third-order valence-electron chi connectivity index (χ3n) is 2.34. The first kappa shape index (κ1) is 12.8. The maximum atomic E-state index is 13.0. The minimum absolute atomic E-state index is 0.316. The van der Waals surface area contributed by atoms with Crippen molar-refractivity contribution in [3.63, 3.8) is 0 Å². The lowest BCUT2D eigenvalue weighted by Gasteiger charge is -2.08. The summed E-state index contributed by atoms with van der Waals surface area (Å²) < 4.78 is 19.2. The first-order valence-electron chi connectivity index (χ1n) is 4.93. The van der Waals surface area contributed by atoms with E-state index in [9.17, 15) is 9.50 Å². The van der Waals surface area contributed by atoms with Crippen molar-refractivity contribution < 1.29 is 13.9 Å². The van der Waals surface area contributed by atoms with Crippen LogP contribution in [-0.4, -0.2) is 5.11 Å². The zero-order chi connectivity index (χ0) is 12.4. The van der Waals surface area contributed by atoms with Crippen molar-refractivity contribution in [2.45, 2.75) is 12.5 Å². The van der Waals surface area contributed by atoms with Crippen molar-refractivity contribution in [2.24, 2.45) is 0 Å². The predicted molar refractivity (Wildman–Crippen MR) is 69.2 cm³/mol. The summed E-state index contributed by atoms with van der Waals surface area (Å²) in [6, 6.07) is 8.08. The molecule has 0 aliphatic heterocycles. The average Bonchev–Trinajstić information content (AvgIpc) is 2.70. The van der Waals surface area contributed by atoms with Crippen LogP contribution in [0.15, 0.2) is 43.9 Å². The number of hydrogen-bond acceptors (Lipinski definition) is 2. The molecule has 0 spiro atoms. The molecule has 1 aromatic carbocycles. The van der Waals surface area contributed by atoms with Gasteiger partial charge in [-0.3, -0.25) is 0 Å². The maximum absolute atomic E-state index is 13.0. The lowest BCUT2D eigenvalue weighted by molar-refractivity contribution is 0.148. The molecular formula is C12H9Br2FO2. The van der Waals surface area contributed by atoms with Crippen molar-refractivity contribution in [2.75, 3.05) is 0 Å². The van der Waals surface area contributed by atoms with Gasteiger partial charge in [-0.25, -0.2) is 4.39 Å². The summed E-state index contributed by atoms with van der Waals surface area (Å²) in [5, 5.41) is 9.92. The molecule has 1 aromatic heterocycles. The highest BCUT2D eigenvalue weighted by molar-refractivity contribution is 9.10. The number of aliphatic hydroxyl groups is 1. The van der Waals surface area contributed by atoms with E-state index in [1.54, 1.807) is 24.3 Å². The fraction of sp³-hybridized carbons (Fsp3) is 0.167. The zero-order valence-corrected chi connectivity index (χ0v) is 11.8. The Kier molecular flexibility index (Phi) is 4.01. The maximum Gasteiger partial charge on any atom is 0.169 e. The van der Waals surface area contributed by atoms with Gasteiger partial charge < -0.3 is 9.52 Å². The lowest BCUT2D eigenvalue weighted by atomic mass is 10.1. The molecule has 0 saturated heterocycles. The molecule has 5 heteroatoms. The van der Waals surface area contributed by atoms with Crippen LogP contribution in [-0.2, 0) is 6.42 Å². The van der Waals surface area contributed by atoms with Crippen LogP contribution >= 0.6 is 31.9 Å². The molecule has 90 valence electrons. The molecular weight excluding hydrogens is 355 g/mol. The molecule has 0 aliphatic carbocycles. The summed E-state index contributed by atoms with van der Waals surface area (Å²) >= 11 is 6.28. The summed E-state index contributed by atoms with van der Waals surface area (Å²) in [6.45, 7) is 0. The number of halogens is 3. The standard InChI is InChI=1S/C12H9Br2FO2/c13-8-5-7(1-2-9(8)15)6-10(16)11-3-4-12(14)17-11/h1-5,10,16H,6H2. The van der Waals surface area contributed by atoms with Crippen molar-refractivity contribution in [3.8, 4) is 0 Å². The van der Waals surface area contributed by atoms with Gasteiger partial charge in [-0.2, -0.15) is 0 Å². The topological polar surface area (TPSA) is 33.4 Å². The summed E-state index contributed by atoms with van der Waals surface area (Å²) in [5.41, 5.74) is 0.832. The first-order valence-corrected chi connectivity index (χ1v) is 6.52. The second kappa shape index (κ2) is 5.33. The van der Waals surface area contributed by atoms with Gasteiger partial charge in [-0.05, 0) is 61.7 Å². The molecule has 1 atom stereocenters. The van der Waals surface area contributed by atoms with Gasteiger partial charge >= 0.3 is 0 Å². The second-order valence-corrected chi connectivity index (χ2v) is 5.25. The Morgan fingerprint density at radius 1 is 1.24 bits per heavy atom. The summed E-state index contributed by atoms with van der Waals surface area (Å²) in [4.78, 5) is 0. The molecule has 0 amide bonds. The van der Waals surface area contributed by atoms with Gasteiger partial charge in [0.1, 0.15) is 17.7 Å². The van der Waals surface area contributed by atoms with Crippen molar-refractivity contribution >= 4 is 31.9 Å². The third kappa shape index (κ3) is 3.18. The van der Waals surface area contributed by atoms with E-state index in [4.69, 9.17) is 4.42 Å². The molecule has 2 nitrogen and oxygen atoms in total. The number of benzene rings is 1. The molecule has 2 aromatic rings. The monoisotopic (exact) mass is 362 g/mol. The quantitative estimate of drug-likeness (QED) is 0.885. The van der Waals surface area contributed by atoms with Crippen LogP contribution in [0.1, 0.15) is 17.4 Å². The van der Waals surface area contributed by atoms with Gasteiger partial charge in [0, 0.05) is 6.42 Å². The molecule has 0 saturated carbocycles. The minimum Gasteiger partial charge on any atom is -0.452 e. The van der Waals surface area contributed by atoms with E-state index in [0.29, 0.717) is 21.3 Å². The van der Waals surface area contributed by atoms with Crippen molar-refractivity contribution in [1.82, 2.24) is 0 Å². The molecule has 0 bridgehead atoms. The van der Waals surface area contributed by atoms with Crippen LogP contribution in [0.3, 0.4) is 0 Å². The largest absolute Gasteiger partial charge is 0.452 e. The minimum atomic E-state index is -0.737. The highest BCUT2D eigenvalue weighted by Crippen LogP contribution is 2.25. The molecule has 2 rings (SSSR count). The Labute approximate surface area is 115 Å². The Bertz CT molecular complexity index is 525. The van der Waals surface area contributed by atoms with Crippen LogP contribution in [0, 0.1) is 5.82 Å². The Balaban J connectivity index is 2.12. The van der Waals surface area contributed by atoms with Crippen molar-refractivity contribution in [3.05, 3.63) is 56.6 Å². The molecule has 0 aliphatic rings. The van der Waals surface area contributed by atoms with E-state index in [-0.39, 0.29) is 5.82 Å². The highest BCUT2D eigenvalue weighted by atomic mass is 79.9. The van der Waals surface area contributed by atoms with Gasteiger partial charge in [-0.15, -0.1) is 0 Å². The van der Waals surface area contributed by atoms with E-state index in [1.807, 2.05) is 0 Å². The Morgan fingerprint density at radius 3 is 2.59 bits per heavy atom. The lowest BCUT2D eigenvalue weighted by Crippen LogP contribution is -2.00. The van der Waals surface area contributed by atoms with E-state index in [1.165, 1.54) is 6.07 Å². The second-order valence-electron chi connectivity index (χ2n) is 3.61. The predicted octanol–water partition coefficient (Wildman–Crippen LogP) is 4.22. The van der Waals surface area contributed by atoms with Gasteiger partial charge in [0.05, 0.1) is 4.47 Å². The number of aliphatic hydroxyl groups excluding tert-OH is 1. The fourth-order valence-electron chi connectivity index (χ4n) is 1.50. The van der Waals surface area contributed by atoms with E-state index in [2.05, 4.69) is 31.9 Å². The number of rotatable bonds is 3. The van der Waals surface area contributed by atoms with Gasteiger partial charge in [0.2, 0.25) is 0 Å². The summed E-state index contributed by atoms with van der Waals surface area (Å²) in [5.74, 6) is 0.168. The fourth-order valence-corrected chi connectivity index (χ4v) is 2.24. The van der Waals surface area contributed by atoms with Crippen LogP contribution in [0.25, 0.3) is 0 Å². The Morgan fingerprint density at radius 2 is 2.00 bits per heavy atom. The third-order valence-corrected chi connectivity index (χ3v) is 3.37. The van der Waals surface area contributed by atoms with E-state index in [0.717, 1.165) is 5.56 Å².